The third-order valence-corrected chi connectivity index (χ3v) is 4.17. The van der Waals surface area contributed by atoms with Crippen LogP contribution in [0.1, 0.15) is 17.7 Å². The zero-order valence-electron chi connectivity index (χ0n) is 8.40. The number of hydrogen-bond donors (Lipinski definition) is 1. The third kappa shape index (κ3) is 1.52. The molecule has 0 bridgehead atoms. The van der Waals surface area contributed by atoms with Gasteiger partial charge in [-0.3, -0.25) is 5.41 Å². The molecular formula is C11H14N2S. The Morgan fingerprint density at radius 3 is 2.43 bits per heavy atom. The predicted molar refractivity (Wildman–Crippen MR) is 61.7 cm³/mol. The van der Waals surface area contributed by atoms with E-state index in [2.05, 4.69) is 31.2 Å². The first kappa shape index (κ1) is 9.59. The molecule has 74 valence electrons. The van der Waals surface area contributed by atoms with Crippen molar-refractivity contribution in [1.82, 2.24) is 4.90 Å². The Bertz CT molecular complexity index is 336. The highest BCUT2D eigenvalue weighted by Gasteiger charge is 2.33. The molecule has 14 heavy (non-hydrogen) atoms. The number of rotatable bonds is 1. The van der Waals surface area contributed by atoms with Crippen molar-refractivity contribution in [3.63, 3.8) is 0 Å². The van der Waals surface area contributed by atoms with Gasteiger partial charge in [0.2, 0.25) is 0 Å². The molecule has 0 saturated carbocycles. The van der Waals surface area contributed by atoms with Crippen molar-refractivity contribution >= 4 is 16.9 Å². The van der Waals surface area contributed by atoms with Crippen molar-refractivity contribution in [1.29, 1.82) is 5.41 Å². The van der Waals surface area contributed by atoms with E-state index in [4.69, 9.17) is 5.41 Å². The second kappa shape index (κ2) is 3.65. The lowest BCUT2D eigenvalue weighted by Crippen LogP contribution is -2.27. The van der Waals surface area contributed by atoms with Crippen LogP contribution in [-0.4, -0.2) is 23.2 Å². The van der Waals surface area contributed by atoms with Gasteiger partial charge in [0.05, 0.1) is 5.25 Å². The first-order valence-corrected chi connectivity index (χ1v) is 5.61. The van der Waals surface area contributed by atoms with E-state index < -0.39 is 0 Å². The molecule has 0 radical (unpaired) electrons. The molecule has 2 rings (SSSR count). The Hall–Kier alpha value is -0.960. The summed E-state index contributed by atoms with van der Waals surface area (Å²) in [5, 5.41) is 8.84. The van der Waals surface area contributed by atoms with Crippen LogP contribution in [-0.2, 0) is 0 Å². The molecule has 0 aromatic heterocycles. The Balaban J connectivity index is 2.26. The summed E-state index contributed by atoms with van der Waals surface area (Å²) in [5.41, 5.74) is 1.32. The van der Waals surface area contributed by atoms with Gasteiger partial charge in [-0.25, -0.2) is 0 Å². The minimum atomic E-state index is 0.411. The minimum absolute atomic E-state index is 0.411. The van der Waals surface area contributed by atoms with E-state index >= 15 is 0 Å². The van der Waals surface area contributed by atoms with Crippen LogP contribution < -0.4 is 0 Å². The van der Waals surface area contributed by atoms with Crippen molar-refractivity contribution in [2.24, 2.45) is 0 Å². The summed E-state index contributed by atoms with van der Waals surface area (Å²) < 4.78 is 0. The van der Waals surface area contributed by atoms with Gasteiger partial charge in [0.25, 0.3) is 0 Å². The molecule has 1 aliphatic rings. The quantitative estimate of drug-likeness (QED) is 0.765. The number of benzene rings is 1. The smallest absolute Gasteiger partial charge is 0.157 e. The summed E-state index contributed by atoms with van der Waals surface area (Å²) in [6.07, 6.45) is 0. The summed E-state index contributed by atoms with van der Waals surface area (Å²) in [5.74, 6) is 0. The van der Waals surface area contributed by atoms with Crippen molar-refractivity contribution in [3.8, 4) is 0 Å². The number of thioether (sulfide) groups is 1. The van der Waals surface area contributed by atoms with Gasteiger partial charge in [-0.2, -0.15) is 0 Å². The van der Waals surface area contributed by atoms with Gasteiger partial charge in [-0.15, -0.1) is 0 Å². The maximum absolute atomic E-state index is 7.75. The normalized spacial score (nSPS) is 27.0. The Morgan fingerprint density at radius 2 is 1.93 bits per heavy atom. The van der Waals surface area contributed by atoms with Crippen LogP contribution in [0.25, 0.3) is 0 Å². The van der Waals surface area contributed by atoms with Crippen molar-refractivity contribution < 1.29 is 0 Å². The number of likely N-dealkylation sites (N-methyl/N-ethyl adjacent to an activating group) is 1. The third-order valence-electron chi connectivity index (χ3n) is 2.74. The number of hydrogen-bond acceptors (Lipinski definition) is 2. The van der Waals surface area contributed by atoms with E-state index in [9.17, 15) is 0 Å². The van der Waals surface area contributed by atoms with Crippen LogP contribution in [0.2, 0.25) is 0 Å². The molecule has 3 heteroatoms. The van der Waals surface area contributed by atoms with E-state index in [-0.39, 0.29) is 0 Å². The topological polar surface area (TPSA) is 27.1 Å². The fourth-order valence-corrected chi connectivity index (χ4v) is 2.92. The molecule has 1 N–H and O–H groups in total. The zero-order valence-corrected chi connectivity index (χ0v) is 9.21. The van der Waals surface area contributed by atoms with Crippen LogP contribution in [0.5, 0.6) is 0 Å². The van der Waals surface area contributed by atoms with Gasteiger partial charge in [0.1, 0.15) is 0 Å². The lowest BCUT2D eigenvalue weighted by molar-refractivity contribution is 0.402. The number of nitrogens with zero attached hydrogens (tertiary/aromatic N) is 1. The molecule has 0 spiro atoms. The monoisotopic (exact) mass is 206 g/mol. The van der Waals surface area contributed by atoms with E-state index in [1.807, 2.05) is 18.0 Å². The summed E-state index contributed by atoms with van der Waals surface area (Å²) >= 11 is 1.64. The molecule has 0 unspecified atom stereocenters. The standard InChI is InChI=1S/C11H14N2S/c1-8-10(14-11(12)13(8)2)9-6-4-3-5-7-9/h3-8,10,12H,1-2H3/t8-,10-/m0/s1. The fourth-order valence-electron chi connectivity index (χ4n) is 1.68. The zero-order chi connectivity index (χ0) is 10.1. The highest BCUT2D eigenvalue weighted by atomic mass is 32.2. The van der Waals surface area contributed by atoms with Crippen LogP contribution >= 0.6 is 11.8 Å². The number of nitrogens with one attached hydrogen (secondary N) is 1. The fraction of sp³-hybridized carbons (Fsp3) is 0.364. The average molecular weight is 206 g/mol. The Kier molecular flexibility index (Phi) is 2.50. The van der Waals surface area contributed by atoms with Gasteiger partial charge < -0.3 is 4.90 Å². The highest BCUT2D eigenvalue weighted by molar-refractivity contribution is 8.14. The molecule has 1 aliphatic heterocycles. The summed E-state index contributed by atoms with van der Waals surface area (Å²) in [7, 11) is 1.99. The lowest BCUT2D eigenvalue weighted by atomic mass is 10.1. The van der Waals surface area contributed by atoms with Gasteiger partial charge in [-0.1, -0.05) is 42.1 Å². The maximum atomic E-state index is 7.75. The average Bonchev–Trinajstić information content (AvgIpc) is 2.47. The maximum Gasteiger partial charge on any atom is 0.157 e. The molecule has 2 nitrogen and oxygen atoms in total. The predicted octanol–water partition coefficient (Wildman–Crippen LogP) is 2.73. The van der Waals surface area contributed by atoms with Crippen LogP contribution in [0.3, 0.4) is 0 Å². The molecule has 1 fully saturated rings. The minimum Gasteiger partial charge on any atom is -0.351 e. The molecule has 1 aromatic rings. The van der Waals surface area contributed by atoms with Crippen LogP contribution in [0.15, 0.2) is 30.3 Å². The lowest BCUT2D eigenvalue weighted by Gasteiger charge is -2.19. The Labute approximate surface area is 88.8 Å². The van der Waals surface area contributed by atoms with E-state index in [1.54, 1.807) is 11.8 Å². The van der Waals surface area contributed by atoms with E-state index in [0.717, 1.165) is 0 Å². The van der Waals surface area contributed by atoms with E-state index in [1.165, 1.54) is 5.56 Å². The van der Waals surface area contributed by atoms with Crippen molar-refractivity contribution in [3.05, 3.63) is 35.9 Å². The number of amidine groups is 1. The van der Waals surface area contributed by atoms with E-state index in [0.29, 0.717) is 16.5 Å². The SMILES string of the molecule is C[C@H]1[C@@H](c2ccccc2)SC(=N)N1C. The summed E-state index contributed by atoms with van der Waals surface area (Å²) in [6.45, 7) is 2.17. The first-order valence-electron chi connectivity index (χ1n) is 4.73. The molecule has 0 amide bonds. The Morgan fingerprint density at radius 1 is 1.29 bits per heavy atom. The van der Waals surface area contributed by atoms with Gasteiger partial charge in [-0.05, 0) is 12.5 Å². The first-order chi connectivity index (χ1) is 6.70. The van der Waals surface area contributed by atoms with Crippen LogP contribution in [0, 0.1) is 5.41 Å². The molecule has 1 heterocycles. The largest absolute Gasteiger partial charge is 0.351 e. The second-order valence-electron chi connectivity index (χ2n) is 3.61. The van der Waals surface area contributed by atoms with Crippen LogP contribution in [0.4, 0.5) is 0 Å². The molecule has 1 aromatic carbocycles. The van der Waals surface area contributed by atoms with Crippen molar-refractivity contribution in [2.75, 3.05) is 7.05 Å². The summed E-state index contributed by atoms with van der Waals surface area (Å²) in [4.78, 5) is 2.03. The van der Waals surface area contributed by atoms with Crippen molar-refractivity contribution in [2.45, 2.75) is 18.2 Å². The summed E-state index contributed by atoms with van der Waals surface area (Å²) in [6, 6.07) is 10.8. The van der Waals surface area contributed by atoms with Gasteiger partial charge in [0.15, 0.2) is 5.17 Å². The molecule has 0 aliphatic carbocycles. The van der Waals surface area contributed by atoms with Gasteiger partial charge in [0, 0.05) is 13.1 Å². The highest BCUT2D eigenvalue weighted by Crippen LogP contribution is 2.41. The molecule has 1 saturated heterocycles. The molecule has 2 atom stereocenters. The van der Waals surface area contributed by atoms with Gasteiger partial charge >= 0.3 is 0 Å². The molecular weight excluding hydrogens is 192 g/mol. The second-order valence-corrected chi connectivity index (χ2v) is 4.74.